The van der Waals surface area contributed by atoms with Crippen LogP contribution in [0.1, 0.15) is 11.7 Å². The minimum Gasteiger partial charge on any atom is -0.388 e. The standard InChI is InChI=1S/C16H12Br2O/c17-9-16(19)15-8-10-7-11(18)5-6-12(10)13-3-1-2-4-14(13)15/h1-8,16,19H,9H2/t16-/m1/s1. The average Bonchev–Trinajstić information content (AvgIpc) is 2.45. The van der Waals surface area contributed by atoms with Crippen molar-refractivity contribution < 1.29 is 5.11 Å². The first-order valence-electron chi connectivity index (χ1n) is 6.05. The van der Waals surface area contributed by atoms with Crippen LogP contribution in [0.3, 0.4) is 0 Å². The summed E-state index contributed by atoms with van der Waals surface area (Å²) in [5.41, 5.74) is 0.970. The first-order valence-corrected chi connectivity index (χ1v) is 7.97. The molecule has 0 fully saturated rings. The lowest BCUT2D eigenvalue weighted by atomic mass is 9.95. The third-order valence-corrected chi connectivity index (χ3v) is 4.46. The van der Waals surface area contributed by atoms with Crippen LogP contribution >= 0.6 is 31.9 Å². The second-order valence-corrected chi connectivity index (χ2v) is 6.11. The van der Waals surface area contributed by atoms with Gasteiger partial charge in [0.15, 0.2) is 0 Å². The number of benzene rings is 3. The van der Waals surface area contributed by atoms with Gasteiger partial charge in [0.1, 0.15) is 0 Å². The predicted octanol–water partition coefficient (Wildman–Crippen LogP) is 5.18. The van der Waals surface area contributed by atoms with Crippen LogP contribution in [0, 0.1) is 0 Å². The molecule has 19 heavy (non-hydrogen) atoms. The highest BCUT2D eigenvalue weighted by Gasteiger charge is 2.12. The first kappa shape index (κ1) is 13.1. The van der Waals surface area contributed by atoms with Crippen molar-refractivity contribution in [3.63, 3.8) is 0 Å². The van der Waals surface area contributed by atoms with Gasteiger partial charge in [-0.15, -0.1) is 0 Å². The van der Waals surface area contributed by atoms with Crippen molar-refractivity contribution in [2.75, 3.05) is 5.33 Å². The highest BCUT2D eigenvalue weighted by atomic mass is 79.9. The fraction of sp³-hybridized carbons (Fsp3) is 0.125. The monoisotopic (exact) mass is 378 g/mol. The lowest BCUT2D eigenvalue weighted by molar-refractivity contribution is 0.207. The molecule has 1 nitrogen and oxygen atoms in total. The number of fused-ring (bicyclic) bond motifs is 3. The van der Waals surface area contributed by atoms with E-state index in [-0.39, 0.29) is 0 Å². The Bertz CT molecular complexity index is 752. The van der Waals surface area contributed by atoms with Gasteiger partial charge in [0.05, 0.1) is 6.10 Å². The molecular weight excluding hydrogens is 368 g/mol. The van der Waals surface area contributed by atoms with Gasteiger partial charge in [-0.25, -0.2) is 0 Å². The Labute approximate surface area is 128 Å². The summed E-state index contributed by atoms with van der Waals surface area (Å²) in [7, 11) is 0. The van der Waals surface area contributed by atoms with E-state index in [2.05, 4.69) is 68.3 Å². The molecule has 3 aromatic rings. The topological polar surface area (TPSA) is 20.2 Å². The third kappa shape index (κ3) is 2.31. The number of hydrogen-bond acceptors (Lipinski definition) is 1. The van der Waals surface area contributed by atoms with Gasteiger partial charge in [-0.05, 0) is 45.3 Å². The van der Waals surface area contributed by atoms with Gasteiger partial charge in [-0.2, -0.15) is 0 Å². The van der Waals surface area contributed by atoms with Crippen molar-refractivity contribution in [2.45, 2.75) is 6.10 Å². The molecule has 3 aromatic carbocycles. The van der Waals surface area contributed by atoms with Gasteiger partial charge in [0.25, 0.3) is 0 Å². The van der Waals surface area contributed by atoms with Crippen molar-refractivity contribution in [2.24, 2.45) is 0 Å². The Hall–Kier alpha value is -0.900. The number of halogens is 2. The Kier molecular flexibility index (Phi) is 3.61. The maximum atomic E-state index is 10.2. The van der Waals surface area contributed by atoms with Crippen molar-refractivity contribution in [3.8, 4) is 0 Å². The van der Waals surface area contributed by atoms with Crippen LogP contribution in [-0.4, -0.2) is 10.4 Å². The number of rotatable bonds is 2. The Morgan fingerprint density at radius 2 is 1.68 bits per heavy atom. The highest BCUT2D eigenvalue weighted by Crippen LogP contribution is 2.33. The largest absolute Gasteiger partial charge is 0.388 e. The SMILES string of the molecule is O[C@H](CBr)c1cc2cc(Br)ccc2c2ccccc12. The average molecular weight is 380 g/mol. The molecular formula is C16H12Br2O. The van der Waals surface area contributed by atoms with Crippen LogP contribution < -0.4 is 0 Å². The van der Waals surface area contributed by atoms with E-state index >= 15 is 0 Å². The molecule has 0 aromatic heterocycles. The van der Waals surface area contributed by atoms with Crippen molar-refractivity contribution in [1.29, 1.82) is 0 Å². The molecule has 0 aliphatic heterocycles. The molecule has 1 atom stereocenters. The zero-order valence-electron chi connectivity index (χ0n) is 10.1. The summed E-state index contributed by atoms with van der Waals surface area (Å²) in [6.07, 6.45) is -0.492. The summed E-state index contributed by atoms with van der Waals surface area (Å²) >= 11 is 6.86. The van der Waals surface area contributed by atoms with E-state index in [0.717, 1.165) is 20.8 Å². The third-order valence-electron chi connectivity index (χ3n) is 3.36. The smallest absolute Gasteiger partial charge is 0.0893 e. The van der Waals surface area contributed by atoms with Gasteiger partial charge in [0, 0.05) is 9.80 Å². The minimum atomic E-state index is -0.492. The molecule has 0 spiro atoms. The molecule has 0 aliphatic rings. The molecule has 0 bridgehead atoms. The molecule has 3 heteroatoms. The summed E-state index contributed by atoms with van der Waals surface area (Å²) in [5.74, 6) is 0. The molecule has 3 rings (SSSR count). The molecule has 0 saturated carbocycles. The van der Waals surface area contributed by atoms with E-state index in [9.17, 15) is 5.11 Å². The van der Waals surface area contributed by atoms with Crippen LogP contribution in [0.5, 0.6) is 0 Å². The number of aliphatic hydroxyl groups excluding tert-OH is 1. The summed E-state index contributed by atoms with van der Waals surface area (Å²) in [5, 5.41) is 15.4. The van der Waals surface area contributed by atoms with Crippen LogP contribution in [-0.2, 0) is 0 Å². The summed E-state index contributed by atoms with van der Waals surface area (Å²) in [6.45, 7) is 0. The summed E-state index contributed by atoms with van der Waals surface area (Å²) < 4.78 is 1.05. The lowest BCUT2D eigenvalue weighted by Gasteiger charge is -2.14. The van der Waals surface area contributed by atoms with Gasteiger partial charge in [0.2, 0.25) is 0 Å². The van der Waals surface area contributed by atoms with Crippen LogP contribution in [0.2, 0.25) is 0 Å². The molecule has 0 amide bonds. The molecule has 0 radical (unpaired) electrons. The Morgan fingerprint density at radius 3 is 2.42 bits per heavy atom. The number of alkyl halides is 1. The fourth-order valence-electron chi connectivity index (χ4n) is 2.47. The molecule has 96 valence electrons. The van der Waals surface area contributed by atoms with Crippen LogP contribution in [0.15, 0.2) is 53.0 Å². The lowest BCUT2D eigenvalue weighted by Crippen LogP contribution is -1.99. The number of hydrogen-bond donors (Lipinski definition) is 1. The van der Waals surface area contributed by atoms with E-state index < -0.39 is 6.10 Å². The molecule has 1 N–H and O–H groups in total. The molecule has 0 aliphatic carbocycles. The van der Waals surface area contributed by atoms with Crippen LogP contribution in [0.4, 0.5) is 0 Å². The van der Waals surface area contributed by atoms with Gasteiger partial charge < -0.3 is 5.11 Å². The predicted molar refractivity (Wildman–Crippen MR) is 87.9 cm³/mol. The van der Waals surface area contributed by atoms with E-state index in [1.54, 1.807) is 0 Å². The van der Waals surface area contributed by atoms with Crippen molar-refractivity contribution >= 4 is 53.4 Å². The Balaban J connectivity index is 2.46. The molecule has 0 saturated heterocycles. The Morgan fingerprint density at radius 1 is 0.947 bits per heavy atom. The van der Waals surface area contributed by atoms with E-state index in [1.165, 1.54) is 10.8 Å². The fourth-order valence-corrected chi connectivity index (χ4v) is 3.20. The zero-order valence-corrected chi connectivity index (χ0v) is 13.3. The van der Waals surface area contributed by atoms with E-state index in [4.69, 9.17) is 0 Å². The van der Waals surface area contributed by atoms with Gasteiger partial charge in [-0.1, -0.05) is 62.2 Å². The maximum Gasteiger partial charge on any atom is 0.0893 e. The van der Waals surface area contributed by atoms with Gasteiger partial charge >= 0.3 is 0 Å². The van der Waals surface area contributed by atoms with Gasteiger partial charge in [-0.3, -0.25) is 0 Å². The van der Waals surface area contributed by atoms with Crippen molar-refractivity contribution in [3.05, 3.63) is 58.6 Å². The van der Waals surface area contributed by atoms with Crippen LogP contribution in [0.25, 0.3) is 21.5 Å². The zero-order chi connectivity index (χ0) is 13.4. The molecule has 0 heterocycles. The van der Waals surface area contributed by atoms with E-state index in [0.29, 0.717) is 5.33 Å². The minimum absolute atomic E-state index is 0.492. The second kappa shape index (κ2) is 5.23. The quantitative estimate of drug-likeness (QED) is 0.480. The summed E-state index contributed by atoms with van der Waals surface area (Å²) in [4.78, 5) is 0. The second-order valence-electron chi connectivity index (χ2n) is 4.55. The molecule has 0 unspecified atom stereocenters. The summed E-state index contributed by atoms with van der Waals surface area (Å²) in [6, 6.07) is 16.6. The number of aliphatic hydroxyl groups is 1. The van der Waals surface area contributed by atoms with E-state index in [1.807, 2.05) is 12.1 Å². The maximum absolute atomic E-state index is 10.2. The first-order chi connectivity index (χ1) is 9.20. The highest BCUT2D eigenvalue weighted by molar-refractivity contribution is 9.10. The normalized spacial score (nSPS) is 13.0. The van der Waals surface area contributed by atoms with Crippen molar-refractivity contribution in [1.82, 2.24) is 0 Å².